The Labute approximate surface area is 145 Å². The van der Waals surface area contributed by atoms with Gasteiger partial charge in [-0.25, -0.2) is 9.67 Å². The Bertz CT molecular complexity index is 891. The van der Waals surface area contributed by atoms with Crippen molar-refractivity contribution < 1.29 is 4.79 Å². The number of benzene rings is 1. The normalized spacial score (nSPS) is 17.6. The highest BCUT2D eigenvalue weighted by atomic mass is 16.2. The smallest absolute Gasteiger partial charge is 0.255 e. The van der Waals surface area contributed by atoms with E-state index in [1.165, 1.54) is 0 Å². The number of piperidine rings is 1. The van der Waals surface area contributed by atoms with Gasteiger partial charge in [-0.3, -0.25) is 4.79 Å². The Morgan fingerprint density at radius 3 is 2.96 bits per heavy atom. The molecular formula is C18H20N6O. The van der Waals surface area contributed by atoms with E-state index in [1.54, 1.807) is 24.0 Å². The molecule has 2 aromatic heterocycles. The van der Waals surface area contributed by atoms with Crippen LogP contribution in [0.5, 0.6) is 0 Å². The Kier molecular flexibility index (Phi) is 4.05. The minimum Gasteiger partial charge on any atom is -0.381 e. The summed E-state index contributed by atoms with van der Waals surface area (Å²) in [7, 11) is 1.79. The Morgan fingerprint density at radius 1 is 1.28 bits per heavy atom. The van der Waals surface area contributed by atoms with Crippen molar-refractivity contribution in [3.05, 3.63) is 48.2 Å². The number of carbonyl (C=O) groups excluding carboxylic acids is 1. The summed E-state index contributed by atoms with van der Waals surface area (Å²) in [6.07, 6.45) is 3.65. The second-order valence-electron chi connectivity index (χ2n) is 6.38. The molecule has 0 aliphatic carbocycles. The SMILES string of the molecule is Cn1nnc2cc(C(=O)N3CCCC(Nc4ccccc4)C3)cnc21. The number of carbonyl (C=O) groups is 1. The highest BCUT2D eigenvalue weighted by Crippen LogP contribution is 2.19. The lowest BCUT2D eigenvalue weighted by Crippen LogP contribution is -2.45. The average molecular weight is 336 g/mol. The molecule has 1 fully saturated rings. The predicted octanol–water partition coefficient (Wildman–Crippen LogP) is 2.08. The summed E-state index contributed by atoms with van der Waals surface area (Å²) in [5.74, 6) is -0.000357. The zero-order valence-corrected chi connectivity index (χ0v) is 14.1. The number of para-hydroxylation sites is 1. The number of hydrogen-bond donors (Lipinski definition) is 1. The molecule has 1 unspecified atom stereocenters. The van der Waals surface area contributed by atoms with Crippen molar-refractivity contribution >= 4 is 22.8 Å². The third kappa shape index (κ3) is 3.17. The fourth-order valence-electron chi connectivity index (χ4n) is 3.28. The van der Waals surface area contributed by atoms with E-state index in [2.05, 4.69) is 20.6 Å². The largest absolute Gasteiger partial charge is 0.381 e. The number of anilines is 1. The van der Waals surface area contributed by atoms with Crippen LogP contribution in [0.1, 0.15) is 23.2 Å². The van der Waals surface area contributed by atoms with Crippen molar-refractivity contribution in [2.45, 2.75) is 18.9 Å². The van der Waals surface area contributed by atoms with E-state index in [9.17, 15) is 4.79 Å². The first-order valence-corrected chi connectivity index (χ1v) is 8.47. The maximum absolute atomic E-state index is 12.9. The summed E-state index contributed by atoms with van der Waals surface area (Å²) in [5.41, 5.74) is 2.97. The number of nitrogens with one attached hydrogen (secondary N) is 1. The number of amides is 1. The van der Waals surface area contributed by atoms with E-state index in [4.69, 9.17) is 0 Å². The van der Waals surface area contributed by atoms with E-state index in [-0.39, 0.29) is 11.9 Å². The summed E-state index contributed by atoms with van der Waals surface area (Å²) < 4.78 is 1.60. The number of aromatic nitrogens is 4. The summed E-state index contributed by atoms with van der Waals surface area (Å²) in [5, 5.41) is 11.5. The molecule has 1 amide bonds. The molecule has 1 saturated heterocycles. The van der Waals surface area contributed by atoms with Gasteiger partial charge in [0.1, 0.15) is 5.52 Å². The Morgan fingerprint density at radius 2 is 2.12 bits per heavy atom. The number of likely N-dealkylation sites (tertiary alicyclic amines) is 1. The molecule has 0 bridgehead atoms. The van der Waals surface area contributed by atoms with E-state index in [0.29, 0.717) is 23.3 Å². The van der Waals surface area contributed by atoms with E-state index < -0.39 is 0 Å². The predicted molar refractivity (Wildman–Crippen MR) is 95.3 cm³/mol. The summed E-state index contributed by atoms with van der Waals surface area (Å²) in [6.45, 7) is 1.45. The topological polar surface area (TPSA) is 75.9 Å². The fourth-order valence-corrected chi connectivity index (χ4v) is 3.28. The molecule has 7 heteroatoms. The van der Waals surface area contributed by atoms with Crippen LogP contribution in [-0.2, 0) is 7.05 Å². The second-order valence-corrected chi connectivity index (χ2v) is 6.38. The van der Waals surface area contributed by atoms with Gasteiger partial charge in [0.2, 0.25) is 0 Å². The van der Waals surface area contributed by atoms with Gasteiger partial charge in [-0.05, 0) is 31.0 Å². The minimum atomic E-state index is -0.000357. The fraction of sp³-hybridized carbons (Fsp3) is 0.333. The van der Waals surface area contributed by atoms with E-state index in [1.807, 2.05) is 35.2 Å². The van der Waals surface area contributed by atoms with Crippen LogP contribution in [0.2, 0.25) is 0 Å². The Balaban J connectivity index is 1.48. The molecular weight excluding hydrogens is 316 g/mol. The standard InChI is InChI=1S/C18H20N6O/c1-23-17-16(21-22-23)10-13(11-19-17)18(25)24-9-5-8-15(12-24)20-14-6-3-2-4-7-14/h2-4,6-7,10-11,15,20H,5,8-9,12H2,1H3. The number of pyridine rings is 1. The minimum absolute atomic E-state index is 0.000357. The lowest BCUT2D eigenvalue weighted by atomic mass is 10.0. The molecule has 7 nitrogen and oxygen atoms in total. The molecule has 1 atom stereocenters. The average Bonchev–Trinajstić information content (AvgIpc) is 3.02. The molecule has 1 N–H and O–H groups in total. The van der Waals surface area contributed by atoms with Crippen molar-refractivity contribution in [2.24, 2.45) is 7.05 Å². The van der Waals surface area contributed by atoms with Gasteiger partial charge in [0.15, 0.2) is 5.65 Å². The molecule has 0 saturated carbocycles. The number of aryl methyl sites for hydroxylation is 1. The van der Waals surface area contributed by atoms with Gasteiger partial charge in [-0.2, -0.15) is 0 Å². The monoisotopic (exact) mass is 336 g/mol. The quantitative estimate of drug-likeness (QED) is 0.792. The van der Waals surface area contributed by atoms with Crippen molar-refractivity contribution in [1.29, 1.82) is 0 Å². The molecule has 1 aliphatic rings. The van der Waals surface area contributed by atoms with Crippen LogP contribution in [0, 0.1) is 0 Å². The van der Waals surface area contributed by atoms with Gasteiger partial charge < -0.3 is 10.2 Å². The lowest BCUT2D eigenvalue weighted by molar-refractivity contribution is 0.0714. The van der Waals surface area contributed by atoms with Gasteiger partial charge in [0.25, 0.3) is 5.91 Å². The molecule has 4 rings (SSSR count). The highest BCUT2D eigenvalue weighted by molar-refractivity contribution is 5.96. The molecule has 3 aromatic rings. The molecule has 25 heavy (non-hydrogen) atoms. The maximum atomic E-state index is 12.9. The number of rotatable bonds is 3. The molecule has 3 heterocycles. The first-order chi connectivity index (χ1) is 12.2. The molecule has 1 aromatic carbocycles. The summed E-state index contributed by atoms with van der Waals surface area (Å²) in [4.78, 5) is 19.1. The first-order valence-electron chi connectivity index (χ1n) is 8.47. The van der Waals surface area contributed by atoms with E-state index >= 15 is 0 Å². The number of hydrogen-bond acceptors (Lipinski definition) is 5. The van der Waals surface area contributed by atoms with Crippen LogP contribution >= 0.6 is 0 Å². The van der Waals surface area contributed by atoms with Crippen LogP contribution in [0.3, 0.4) is 0 Å². The van der Waals surface area contributed by atoms with Gasteiger partial charge in [-0.15, -0.1) is 5.10 Å². The van der Waals surface area contributed by atoms with Crippen molar-refractivity contribution in [2.75, 3.05) is 18.4 Å². The van der Waals surface area contributed by atoms with Crippen LogP contribution in [-0.4, -0.2) is 49.9 Å². The van der Waals surface area contributed by atoms with Crippen molar-refractivity contribution in [3.8, 4) is 0 Å². The zero-order chi connectivity index (χ0) is 17.2. The molecule has 0 radical (unpaired) electrons. The van der Waals surface area contributed by atoms with Crippen molar-refractivity contribution in [3.63, 3.8) is 0 Å². The van der Waals surface area contributed by atoms with Crippen molar-refractivity contribution in [1.82, 2.24) is 24.9 Å². The lowest BCUT2D eigenvalue weighted by Gasteiger charge is -2.33. The van der Waals surface area contributed by atoms with Gasteiger partial charge >= 0.3 is 0 Å². The third-order valence-electron chi connectivity index (χ3n) is 4.54. The summed E-state index contributed by atoms with van der Waals surface area (Å²) >= 11 is 0. The molecule has 1 aliphatic heterocycles. The number of fused-ring (bicyclic) bond motifs is 1. The van der Waals surface area contributed by atoms with Crippen LogP contribution in [0.25, 0.3) is 11.2 Å². The highest BCUT2D eigenvalue weighted by Gasteiger charge is 2.25. The molecule has 0 spiro atoms. The van der Waals surface area contributed by atoms with Crippen LogP contribution in [0.15, 0.2) is 42.6 Å². The Hall–Kier alpha value is -2.96. The van der Waals surface area contributed by atoms with Gasteiger partial charge in [-0.1, -0.05) is 23.4 Å². The summed E-state index contributed by atoms with van der Waals surface area (Å²) in [6, 6.07) is 12.1. The van der Waals surface area contributed by atoms with Crippen LogP contribution < -0.4 is 5.32 Å². The van der Waals surface area contributed by atoms with Gasteiger partial charge in [0.05, 0.1) is 5.56 Å². The third-order valence-corrected chi connectivity index (χ3v) is 4.54. The van der Waals surface area contributed by atoms with E-state index in [0.717, 1.165) is 25.1 Å². The first kappa shape index (κ1) is 15.6. The number of nitrogens with zero attached hydrogens (tertiary/aromatic N) is 5. The second kappa shape index (κ2) is 6.51. The molecule has 128 valence electrons. The van der Waals surface area contributed by atoms with Crippen LogP contribution in [0.4, 0.5) is 5.69 Å². The maximum Gasteiger partial charge on any atom is 0.255 e. The van der Waals surface area contributed by atoms with Gasteiger partial charge in [0, 0.05) is 38.1 Å². The zero-order valence-electron chi connectivity index (χ0n) is 14.1.